The van der Waals surface area contributed by atoms with E-state index in [-0.39, 0.29) is 0 Å². The Morgan fingerprint density at radius 3 is 2.39 bits per heavy atom. The van der Waals surface area contributed by atoms with Gasteiger partial charge < -0.3 is 4.57 Å². The molecule has 3 heteroatoms. The molecule has 0 N–H and O–H groups in total. The molecule has 0 fully saturated rings. The van der Waals surface area contributed by atoms with Crippen molar-refractivity contribution < 1.29 is 0 Å². The number of hydrogen-bond donors (Lipinski definition) is 0. The largest absolute Gasteiger partial charge is 0.347 e. The second-order valence-electron chi connectivity index (χ2n) is 6.14. The molecule has 3 heterocycles. The molecule has 4 aromatic rings. The number of benzene rings is 1. The lowest BCUT2D eigenvalue weighted by molar-refractivity contribution is 0.885. The van der Waals surface area contributed by atoms with Gasteiger partial charge in [0.25, 0.3) is 0 Å². The molecule has 4 rings (SSSR count). The fourth-order valence-electron chi connectivity index (χ4n) is 3.43. The van der Waals surface area contributed by atoms with Gasteiger partial charge in [0, 0.05) is 41.5 Å². The molecule has 0 aliphatic heterocycles. The van der Waals surface area contributed by atoms with Crippen molar-refractivity contribution in [3.05, 3.63) is 59.5 Å². The van der Waals surface area contributed by atoms with E-state index in [1.54, 1.807) is 0 Å². The van der Waals surface area contributed by atoms with Gasteiger partial charge in [-0.15, -0.1) is 0 Å². The normalized spacial score (nSPS) is 11.5. The topological polar surface area (TPSA) is 30.7 Å². The molecule has 0 amide bonds. The van der Waals surface area contributed by atoms with Crippen LogP contribution in [0.4, 0.5) is 0 Å². The fourth-order valence-corrected chi connectivity index (χ4v) is 3.43. The minimum absolute atomic E-state index is 0.968. The molecule has 3 aromatic heterocycles. The Labute approximate surface area is 135 Å². The summed E-state index contributed by atoms with van der Waals surface area (Å²) in [6.07, 6.45) is 3.84. The zero-order valence-corrected chi connectivity index (χ0v) is 13.9. The number of hydrogen-bond acceptors (Lipinski definition) is 2. The van der Waals surface area contributed by atoms with Crippen LogP contribution in [0.3, 0.4) is 0 Å². The predicted octanol–water partition coefficient (Wildman–Crippen LogP) is 4.71. The highest BCUT2D eigenvalue weighted by atomic mass is 15.0. The molecule has 114 valence electrons. The molecule has 3 nitrogen and oxygen atoms in total. The number of pyridine rings is 2. The van der Waals surface area contributed by atoms with E-state index in [1.807, 2.05) is 18.5 Å². The highest BCUT2D eigenvalue weighted by Gasteiger charge is 2.17. The summed E-state index contributed by atoms with van der Waals surface area (Å²) in [6.45, 7) is 6.53. The third kappa shape index (κ3) is 1.89. The summed E-state index contributed by atoms with van der Waals surface area (Å²) < 4.78 is 2.26. The van der Waals surface area contributed by atoms with Crippen LogP contribution in [0.1, 0.15) is 16.8 Å². The third-order valence-electron chi connectivity index (χ3n) is 5.03. The summed E-state index contributed by atoms with van der Waals surface area (Å²) in [5.74, 6) is 0. The van der Waals surface area contributed by atoms with Crippen molar-refractivity contribution in [2.45, 2.75) is 20.8 Å². The van der Waals surface area contributed by atoms with Crippen LogP contribution in [0.2, 0.25) is 0 Å². The van der Waals surface area contributed by atoms with Gasteiger partial charge >= 0.3 is 0 Å². The van der Waals surface area contributed by atoms with Crippen LogP contribution in [0.5, 0.6) is 0 Å². The Hall–Kier alpha value is -2.68. The third-order valence-corrected chi connectivity index (χ3v) is 5.03. The summed E-state index contributed by atoms with van der Waals surface area (Å²) >= 11 is 0. The smallest absolute Gasteiger partial charge is 0.0986 e. The first-order chi connectivity index (χ1) is 11.1. The van der Waals surface area contributed by atoms with Crippen molar-refractivity contribution in [1.82, 2.24) is 14.5 Å². The minimum atomic E-state index is 0.968. The molecule has 0 aliphatic carbocycles. The number of nitrogens with zero attached hydrogens (tertiary/aromatic N) is 3. The summed E-state index contributed by atoms with van der Waals surface area (Å²) in [4.78, 5) is 9.34. The van der Waals surface area contributed by atoms with Crippen molar-refractivity contribution in [2.75, 3.05) is 0 Å². The SMILES string of the molecule is Cc1c(C)c(-c2ccnc3c2ncc2ccccc23)n(C)c1C. The second kappa shape index (κ2) is 4.92. The lowest BCUT2D eigenvalue weighted by Crippen LogP contribution is -1.97. The monoisotopic (exact) mass is 301 g/mol. The van der Waals surface area contributed by atoms with Crippen LogP contribution in [0, 0.1) is 20.8 Å². The summed E-state index contributed by atoms with van der Waals surface area (Å²) in [6, 6.07) is 10.4. The van der Waals surface area contributed by atoms with Gasteiger partial charge in [0.15, 0.2) is 0 Å². The van der Waals surface area contributed by atoms with Crippen LogP contribution in [0.15, 0.2) is 42.7 Å². The van der Waals surface area contributed by atoms with Gasteiger partial charge in [0.2, 0.25) is 0 Å². The van der Waals surface area contributed by atoms with Gasteiger partial charge in [0.1, 0.15) is 0 Å². The van der Waals surface area contributed by atoms with Crippen molar-refractivity contribution in [3.63, 3.8) is 0 Å². The molecule has 0 atom stereocenters. The highest BCUT2D eigenvalue weighted by molar-refractivity contribution is 6.07. The van der Waals surface area contributed by atoms with E-state index in [0.29, 0.717) is 0 Å². The Morgan fingerprint density at radius 1 is 0.870 bits per heavy atom. The van der Waals surface area contributed by atoms with Crippen LogP contribution in [-0.4, -0.2) is 14.5 Å². The summed E-state index contributed by atoms with van der Waals surface area (Å²) in [5, 5.41) is 2.28. The van der Waals surface area contributed by atoms with Crippen molar-refractivity contribution in [2.24, 2.45) is 7.05 Å². The van der Waals surface area contributed by atoms with E-state index >= 15 is 0 Å². The Bertz CT molecular complexity index is 1030. The molecule has 23 heavy (non-hydrogen) atoms. The highest BCUT2D eigenvalue weighted by Crippen LogP contribution is 2.34. The maximum atomic E-state index is 4.73. The van der Waals surface area contributed by atoms with Gasteiger partial charge in [-0.1, -0.05) is 24.3 Å². The van der Waals surface area contributed by atoms with Crippen molar-refractivity contribution in [1.29, 1.82) is 0 Å². The minimum Gasteiger partial charge on any atom is -0.347 e. The van der Waals surface area contributed by atoms with Crippen LogP contribution in [0.25, 0.3) is 33.1 Å². The molecule has 0 aliphatic rings. The lowest BCUT2D eigenvalue weighted by atomic mass is 10.0. The van der Waals surface area contributed by atoms with Crippen molar-refractivity contribution in [3.8, 4) is 11.3 Å². The lowest BCUT2D eigenvalue weighted by Gasteiger charge is -2.10. The van der Waals surface area contributed by atoms with E-state index in [2.05, 4.69) is 61.6 Å². The fraction of sp³-hybridized carbons (Fsp3) is 0.200. The average molecular weight is 301 g/mol. The zero-order chi connectivity index (χ0) is 16.1. The van der Waals surface area contributed by atoms with Crippen LogP contribution < -0.4 is 0 Å². The molecule has 0 bridgehead atoms. The number of rotatable bonds is 1. The van der Waals surface area contributed by atoms with Crippen molar-refractivity contribution >= 4 is 21.8 Å². The number of aromatic nitrogens is 3. The Morgan fingerprint density at radius 2 is 1.65 bits per heavy atom. The standard InChI is InChI=1S/C20H19N3/c1-12-13(2)20(23(4)14(12)3)17-9-10-21-18-16-8-6-5-7-15(16)11-22-19(17)18/h5-11H,1-4H3. The average Bonchev–Trinajstić information content (AvgIpc) is 2.78. The molecule has 0 unspecified atom stereocenters. The van der Waals surface area contributed by atoms with Gasteiger partial charge in [-0.3, -0.25) is 9.97 Å². The first-order valence-electron chi connectivity index (χ1n) is 7.85. The predicted molar refractivity (Wildman–Crippen MR) is 95.7 cm³/mol. The Kier molecular flexibility index (Phi) is 2.98. The molecule has 1 aromatic carbocycles. The summed E-state index contributed by atoms with van der Waals surface area (Å²) in [7, 11) is 2.12. The van der Waals surface area contributed by atoms with E-state index in [0.717, 1.165) is 27.4 Å². The maximum absolute atomic E-state index is 4.73. The van der Waals surface area contributed by atoms with E-state index in [9.17, 15) is 0 Å². The molecular formula is C20H19N3. The van der Waals surface area contributed by atoms with E-state index in [1.165, 1.54) is 22.5 Å². The zero-order valence-electron chi connectivity index (χ0n) is 13.9. The van der Waals surface area contributed by atoms with Crippen LogP contribution in [-0.2, 0) is 7.05 Å². The van der Waals surface area contributed by atoms with Gasteiger partial charge in [-0.05, 0) is 38.0 Å². The summed E-state index contributed by atoms with van der Waals surface area (Å²) in [5.41, 5.74) is 8.27. The van der Waals surface area contributed by atoms with E-state index < -0.39 is 0 Å². The van der Waals surface area contributed by atoms with Crippen LogP contribution >= 0.6 is 0 Å². The molecule has 0 saturated carbocycles. The second-order valence-corrected chi connectivity index (χ2v) is 6.14. The first kappa shape index (κ1) is 13.9. The molecule has 0 saturated heterocycles. The van der Waals surface area contributed by atoms with Gasteiger partial charge in [0.05, 0.1) is 16.7 Å². The van der Waals surface area contributed by atoms with Gasteiger partial charge in [-0.25, -0.2) is 0 Å². The quantitative estimate of drug-likeness (QED) is 0.476. The first-order valence-corrected chi connectivity index (χ1v) is 7.85. The Balaban J connectivity index is 2.14. The number of fused-ring (bicyclic) bond motifs is 3. The maximum Gasteiger partial charge on any atom is 0.0986 e. The molecular weight excluding hydrogens is 282 g/mol. The molecule has 0 spiro atoms. The van der Waals surface area contributed by atoms with Gasteiger partial charge in [-0.2, -0.15) is 0 Å². The molecule has 0 radical (unpaired) electrons. The van der Waals surface area contributed by atoms with E-state index in [4.69, 9.17) is 4.98 Å².